The second-order valence-corrected chi connectivity index (χ2v) is 3.82. The van der Waals surface area contributed by atoms with Crippen molar-refractivity contribution in [2.24, 2.45) is 5.92 Å². The Hall–Kier alpha value is -1.29. The van der Waals surface area contributed by atoms with E-state index in [1.807, 2.05) is 6.07 Å². The summed E-state index contributed by atoms with van der Waals surface area (Å²) >= 11 is 0. The van der Waals surface area contributed by atoms with Gasteiger partial charge >= 0.3 is 0 Å². The highest BCUT2D eigenvalue weighted by molar-refractivity contribution is 5.29. The quantitative estimate of drug-likeness (QED) is 0.709. The lowest BCUT2D eigenvalue weighted by Crippen LogP contribution is -2.01. The summed E-state index contributed by atoms with van der Waals surface area (Å²) in [5, 5.41) is 8.69. The van der Waals surface area contributed by atoms with Gasteiger partial charge in [0.2, 0.25) is 0 Å². The number of nitriles is 1. The zero-order valence-electron chi connectivity index (χ0n) is 8.96. The highest BCUT2D eigenvalue weighted by Gasteiger charge is 2.05. The standard InChI is InChI=1S/C13H17N/c1-3-11(2)10-13-7-5-4-6-12(13)8-9-14/h4-7,11H,3,8,10H2,1-2H3. The van der Waals surface area contributed by atoms with Crippen LogP contribution in [0, 0.1) is 17.2 Å². The average molecular weight is 187 g/mol. The van der Waals surface area contributed by atoms with Gasteiger partial charge in [0.05, 0.1) is 12.5 Å². The Kier molecular flexibility index (Phi) is 4.19. The van der Waals surface area contributed by atoms with Gasteiger partial charge in [0, 0.05) is 0 Å². The molecule has 1 heteroatoms. The first kappa shape index (κ1) is 10.8. The Labute approximate surface area is 86.4 Å². The van der Waals surface area contributed by atoms with Gasteiger partial charge in [-0.05, 0) is 23.5 Å². The van der Waals surface area contributed by atoms with E-state index in [9.17, 15) is 0 Å². The molecule has 1 aromatic carbocycles. The zero-order chi connectivity index (χ0) is 10.4. The van der Waals surface area contributed by atoms with Crippen molar-refractivity contribution in [3.63, 3.8) is 0 Å². The fourth-order valence-corrected chi connectivity index (χ4v) is 1.53. The van der Waals surface area contributed by atoms with E-state index < -0.39 is 0 Å². The van der Waals surface area contributed by atoms with Crippen molar-refractivity contribution < 1.29 is 0 Å². The van der Waals surface area contributed by atoms with Gasteiger partial charge in [-0.3, -0.25) is 0 Å². The van der Waals surface area contributed by atoms with Crippen LogP contribution >= 0.6 is 0 Å². The topological polar surface area (TPSA) is 23.8 Å². The Bertz CT molecular complexity index is 322. The number of nitrogens with zero attached hydrogens (tertiary/aromatic N) is 1. The Morgan fingerprint density at radius 1 is 1.29 bits per heavy atom. The van der Waals surface area contributed by atoms with Crippen LogP contribution in [0.15, 0.2) is 24.3 Å². The van der Waals surface area contributed by atoms with Crippen molar-refractivity contribution in [1.82, 2.24) is 0 Å². The Balaban J connectivity index is 2.79. The van der Waals surface area contributed by atoms with Crippen LogP contribution in [0.2, 0.25) is 0 Å². The first-order valence-corrected chi connectivity index (χ1v) is 5.21. The molecule has 14 heavy (non-hydrogen) atoms. The Morgan fingerprint density at radius 2 is 1.93 bits per heavy atom. The van der Waals surface area contributed by atoms with Crippen molar-refractivity contribution >= 4 is 0 Å². The van der Waals surface area contributed by atoms with E-state index in [2.05, 4.69) is 38.1 Å². The molecule has 0 heterocycles. The predicted octanol–water partition coefficient (Wildman–Crippen LogP) is 3.34. The molecule has 74 valence electrons. The maximum Gasteiger partial charge on any atom is 0.0669 e. The fraction of sp³-hybridized carbons (Fsp3) is 0.462. The summed E-state index contributed by atoms with van der Waals surface area (Å²) < 4.78 is 0. The van der Waals surface area contributed by atoms with E-state index in [4.69, 9.17) is 5.26 Å². The molecule has 0 aliphatic heterocycles. The van der Waals surface area contributed by atoms with Gasteiger partial charge in [0.15, 0.2) is 0 Å². The van der Waals surface area contributed by atoms with Gasteiger partial charge in [0.1, 0.15) is 0 Å². The Morgan fingerprint density at radius 3 is 2.50 bits per heavy atom. The molecule has 1 aromatic rings. The van der Waals surface area contributed by atoms with Crippen molar-refractivity contribution in [3.05, 3.63) is 35.4 Å². The van der Waals surface area contributed by atoms with Gasteiger partial charge in [-0.15, -0.1) is 0 Å². The molecule has 0 spiro atoms. The fourth-order valence-electron chi connectivity index (χ4n) is 1.53. The number of rotatable bonds is 4. The third-order valence-electron chi connectivity index (χ3n) is 2.65. The second kappa shape index (κ2) is 5.44. The van der Waals surface area contributed by atoms with Crippen molar-refractivity contribution in [2.75, 3.05) is 0 Å². The third-order valence-corrected chi connectivity index (χ3v) is 2.65. The average Bonchev–Trinajstić information content (AvgIpc) is 2.21. The molecule has 0 aromatic heterocycles. The molecule has 0 amide bonds. The van der Waals surface area contributed by atoms with E-state index in [-0.39, 0.29) is 0 Å². The highest BCUT2D eigenvalue weighted by atomic mass is 14.2. The molecule has 0 fully saturated rings. The first-order valence-electron chi connectivity index (χ1n) is 5.21. The van der Waals surface area contributed by atoms with Gasteiger partial charge in [0.25, 0.3) is 0 Å². The minimum atomic E-state index is 0.534. The summed E-state index contributed by atoms with van der Waals surface area (Å²) in [6.45, 7) is 4.46. The van der Waals surface area contributed by atoms with Crippen molar-refractivity contribution in [1.29, 1.82) is 5.26 Å². The first-order chi connectivity index (χ1) is 6.77. The van der Waals surface area contributed by atoms with Crippen molar-refractivity contribution in [3.8, 4) is 6.07 Å². The van der Waals surface area contributed by atoms with E-state index in [0.717, 1.165) is 6.42 Å². The molecule has 0 N–H and O–H groups in total. The second-order valence-electron chi connectivity index (χ2n) is 3.82. The van der Waals surface area contributed by atoms with Gasteiger partial charge in [-0.1, -0.05) is 44.5 Å². The largest absolute Gasteiger partial charge is 0.198 e. The van der Waals surface area contributed by atoms with Crippen molar-refractivity contribution in [2.45, 2.75) is 33.1 Å². The van der Waals surface area contributed by atoms with E-state index in [1.54, 1.807) is 0 Å². The van der Waals surface area contributed by atoms with Gasteiger partial charge < -0.3 is 0 Å². The predicted molar refractivity (Wildman–Crippen MR) is 58.9 cm³/mol. The maximum atomic E-state index is 8.69. The molecular weight excluding hydrogens is 170 g/mol. The highest BCUT2D eigenvalue weighted by Crippen LogP contribution is 2.16. The van der Waals surface area contributed by atoms with Crippen LogP contribution in [-0.2, 0) is 12.8 Å². The molecule has 1 nitrogen and oxygen atoms in total. The summed E-state index contributed by atoms with van der Waals surface area (Å²) in [7, 11) is 0. The minimum Gasteiger partial charge on any atom is -0.198 e. The van der Waals surface area contributed by atoms with Crippen LogP contribution in [-0.4, -0.2) is 0 Å². The summed E-state index contributed by atoms with van der Waals surface area (Å²) in [4.78, 5) is 0. The normalized spacial score (nSPS) is 12.1. The minimum absolute atomic E-state index is 0.534. The summed E-state index contributed by atoms with van der Waals surface area (Å²) in [5.41, 5.74) is 2.53. The number of hydrogen-bond acceptors (Lipinski definition) is 1. The monoisotopic (exact) mass is 187 g/mol. The third kappa shape index (κ3) is 2.88. The van der Waals surface area contributed by atoms with Crippen LogP contribution in [0.25, 0.3) is 0 Å². The zero-order valence-corrected chi connectivity index (χ0v) is 8.96. The van der Waals surface area contributed by atoms with Crippen LogP contribution in [0.1, 0.15) is 31.4 Å². The van der Waals surface area contributed by atoms with E-state index in [1.165, 1.54) is 17.5 Å². The molecule has 1 unspecified atom stereocenters. The lowest BCUT2D eigenvalue weighted by Gasteiger charge is -2.11. The molecule has 0 bridgehead atoms. The summed E-state index contributed by atoms with van der Waals surface area (Å²) in [5.74, 6) is 0.704. The van der Waals surface area contributed by atoms with Gasteiger partial charge in [-0.25, -0.2) is 0 Å². The molecule has 1 rings (SSSR count). The molecule has 0 aliphatic rings. The number of benzene rings is 1. The van der Waals surface area contributed by atoms with Crippen LogP contribution in [0.4, 0.5) is 0 Å². The molecular formula is C13H17N. The van der Waals surface area contributed by atoms with Gasteiger partial charge in [-0.2, -0.15) is 5.26 Å². The molecule has 0 aliphatic carbocycles. The maximum absolute atomic E-state index is 8.69. The lowest BCUT2D eigenvalue weighted by atomic mass is 9.94. The summed E-state index contributed by atoms with van der Waals surface area (Å²) in [6.07, 6.45) is 2.82. The van der Waals surface area contributed by atoms with Crippen LogP contribution < -0.4 is 0 Å². The molecule has 0 radical (unpaired) electrons. The SMILES string of the molecule is CCC(C)Cc1ccccc1CC#N. The molecule has 1 atom stereocenters. The smallest absolute Gasteiger partial charge is 0.0669 e. The molecule has 0 saturated heterocycles. The number of hydrogen-bond donors (Lipinski definition) is 0. The summed E-state index contributed by atoms with van der Waals surface area (Å²) in [6, 6.07) is 10.5. The molecule has 0 saturated carbocycles. The van der Waals surface area contributed by atoms with Crippen LogP contribution in [0.5, 0.6) is 0 Å². The van der Waals surface area contributed by atoms with E-state index >= 15 is 0 Å². The lowest BCUT2D eigenvalue weighted by molar-refractivity contribution is 0.558. The van der Waals surface area contributed by atoms with E-state index in [0.29, 0.717) is 12.3 Å². The van der Waals surface area contributed by atoms with Crippen LogP contribution in [0.3, 0.4) is 0 Å².